The molecule has 0 aliphatic carbocycles. The molecule has 76 valence electrons. The van der Waals surface area contributed by atoms with Crippen molar-refractivity contribution < 1.29 is 0 Å². The largest absolute Gasteiger partial charge is 0.323 e. The molecule has 0 saturated heterocycles. The molecule has 2 nitrogen and oxygen atoms in total. The summed E-state index contributed by atoms with van der Waals surface area (Å²) >= 11 is 7.62. The molecule has 0 fully saturated rings. The summed E-state index contributed by atoms with van der Waals surface area (Å²) in [5, 5.41) is 5.31. The Hall–Kier alpha value is -0.350. The fourth-order valence-corrected chi connectivity index (χ4v) is 2.56. The van der Waals surface area contributed by atoms with Gasteiger partial charge < -0.3 is 11.1 Å². The molecule has 3 N–H and O–H groups in total. The van der Waals surface area contributed by atoms with Gasteiger partial charge in [-0.05, 0) is 23.4 Å². The highest BCUT2D eigenvalue weighted by Crippen LogP contribution is 2.25. The number of thiophene rings is 1. The van der Waals surface area contributed by atoms with Gasteiger partial charge in [0.15, 0.2) is 0 Å². The van der Waals surface area contributed by atoms with Crippen molar-refractivity contribution in [3.05, 3.63) is 33.0 Å². The van der Waals surface area contributed by atoms with Crippen LogP contribution in [0, 0.1) is 0 Å². The molecule has 2 heterocycles. The highest BCUT2D eigenvalue weighted by Gasteiger charge is 2.11. The summed E-state index contributed by atoms with van der Waals surface area (Å²) in [5.74, 6) is 0. The standard InChI is InChI=1S/C10H13ClN2S/c11-10-8(1-2-14-10)3-7-4-9(12)6-13-5-7/h1-2,4,9,13H,3,5-6,12H2. The first kappa shape index (κ1) is 10.2. The Morgan fingerprint density at radius 3 is 3.14 bits per heavy atom. The van der Waals surface area contributed by atoms with Gasteiger partial charge in [-0.25, -0.2) is 0 Å². The molecule has 1 aliphatic heterocycles. The van der Waals surface area contributed by atoms with E-state index in [4.69, 9.17) is 17.3 Å². The van der Waals surface area contributed by atoms with Crippen LogP contribution in [0.1, 0.15) is 5.56 Å². The molecule has 14 heavy (non-hydrogen) atoms. The van der Waals surface area contributed by atoms with Gasteiger partial charge >= 0.3 is 0 Å². The van der Waals surface area contributed by atoms with Crippen LogP contribution in [0.15, 0.2) is 23.1 Å². The van der Waals surface area contributed by atoms with Crippen molar-refractivity contribution in [2.24, 2.45) is 5.73 Å². The highest BCUT2D eigenvalue weighted by molar-refractivity contribution is 7.14. The van der Waals surface area contributed by atoms with E-state index in [9.17, 15) is 0 Å². The van der Waals surface area contributed by atoms with Crippen LogP contribution >= 0.6 is 22.9 Å². The molecule has 0 spiro atoms. The van der Waals surface area contributed by atoms with Crippen LogP contribution < -0.4 is 11.1 Å². The van der Waals surface area contributed by atoms with E-state index in [0.29, 0.717) is 0 Å². The van der Waals surface area contributed by atoms with Gasteiger partial charge in [-0.3, -0.25) is 0 Å². The third-order valence-corrected chi connectivity index (χ3v) is 3.54. The monoisotopic (exact) mass is 228 g/mol. The van der Waals surface area contributed by atoms with E-state index in [-0.39, 0.29) is 6.04 Å². The number of hydrogen-bond donors (Lipinski definition) is 2. The van der Waals surface area contributed by atoms with Crippen molar-refractivity contribution >= 4 is 22.9 Å². The Morgan fingerprint density at radius 1 is 1.64 bits per heavy atom. The zero-order chi connectivity index (χ0) is 9.97. The number of hydrogen-bond acceptors (Lipinski definition) is 3. The Morgan fingerprint density at radius 2 is 2.50 bits per heavy atom. The molecule has 1 aliphatic rings. The Kier molecular flexibility index (Phi) is 3.23. The molecular weight excluding hydrogens is 216 g/mol. The van der Waals surface area contributed by atoms with Crippen LogP contribution in [0.3, 0.4) is 0 Å². The second kappa shape index (κ2) is 4.45. The topological polar surface area (TPSA) is 38.0 Å². The Labute approximate surface area is 92.8 Å². The van der Waals surface area contributed by atoms with E-state index >= 15 is 0 Å². The van der Waals surface area contributed by atoms with Gasteiger partial charge in [0, 0.05) is 19.1 Å². The zero-order valence-electron chi connectivity index (χ0n) is 7.79. The number of halogens is 1. The molecule has 0 saturated carbocycles. The summed E-state index contributed by atoms with van der Waals surface area (Å²) in [5.41, 5.74) is 8.37. The first-order valence-electron chi connectivity index (χ1n) is 4.63. The molecule has 1 aromatic rings. The molecule has 0 bridgehead atoms. The average molecular weight is 229 g/mol. The first-order chi connectivity index (χ1) is 6.75. The minimum atomic E-state index is 0.149. The molecule has 1 unspecified atom stereocenters. The molecule has 0 radical (unpaired) electrons. The Bertz CT molecular complexity index is 346. The van der Waals surface area contributed by atoms with E-state index in [0.717, 1.165) is 23.8 Å². The summed E-state index contributed by atoms with van der Waals surface area (Å²) < 4.78 is 0.894. The molecule has 0 amide bonds. The van der Waals surface area contributed by atoms with E-state index in [1.165, 1.54) is 11.1 Å². The summed E-state index contributed by atoms with van der Waals surface area (Å²) in [6, 6.07) is 2.23. The van der Waals surface area contributed by atoms with E-state index in [1.54, 1.807) is 11.3 Å². The van der Waals surface area contributed by atoms with Crippen LogP contribution in [-0.2, 0) is 6.42 Å². The first-order valence-corrected chi connectivity index (χ1v) is 5.89. The lowest BCUT2D eigenvalue weighted by molar-refractivity contribution is 0.627. The summed E-state index contributed by atoms with van der Waals surface area (Å²) in [7, 11) is 0. The number of nitrogens with one attached hydrogen (secondary N) is 1. The molecule has 2 rings (SSSR count). The maximum atomic E-state index is 6.04. The van der Waals surface area contributed by atoms with E-state index in [1.807, 2.05) is 5.38 Å². The summed E-state index contributed by atoms with van der Waals surface area (Å²) in [6.45, 7) is 1.81. The van der Waals surface area contributed by atoms with Crippen molar-refractivity contribution in [1.29, 1.82) is 0 Å². The minimum Gasteiger partial charge on any atom is -0.323 e. The summed E-state index contributed by atoms with van der Waals surface area (Å²) in [6.07, 6.45) is 3.06. The van der Waals surface area contributed by atoms with Crippen LogP contribution in [0.2, 0.25) is 4.34 Å². The maximum absolute atomic E-state index is 6.04. The quantitative estimate of drug-likeness (QED) is 0.758. The SMILES string of the molecule is NC1C=C(Cc2ccsc2Cl)CNC1. The fraction of sp³-hybridized carbons (Fsp3) is 0.400. The highest BCUT2D eigenvalue weighted by atomic mass is 35.5. The van der Waals surface area contributed by atoms with Gasteiger partial charge in [0.25, 0.3) is 0 Å². The lowest BCUT2D eigenvalue weighted by atomic mass is 10.0. The molecule has 1 atom stereocenters. The van der Waals surface area contributed by atoms with Gasteiger partial charge in [0.1, 0.15) is 0 Å². The zero-order valence-corrected chi connectivity index (χ0v) is 9.37. The lowest BCUT2D eigenvalue weighted by Gasteiger charge is -2.19. The molecule has 1 aromatic heterocycles. The number of rotatable bonds is 2. The lowest BCUT2D eigenvalue weighted by Crippen LogP contribution is -2.38. The predicted molar refractivity (Wildman–Crippen MR) is 62.0 cm³/mol. The second-order valence-electron chi connectivity index (χ2n) is 3.52. The third kappa shape index (κ3) is 2.36. The minimum absolute atomic E-state index is 0.149. The van der Waals surface area contributed by atoms with Crippen molar-refractivity contribution in [3.8, 4) is 0 Å². The third-order valence-electron chi connectivity index (χ3n) is 2.29. The average Bonchev–Trinajstić information content (AvgIpc) is 2.52. The number of nitrogens with two attached hydrogens (primary N) is 1. The van der Waals surface area contributed by atoms with Crippen LogP contribution in [-0.4, -0.2) is 19.1 Å². The van der Waals surface area contributed by atoms with Gasteiger partial charge in [-0.15, -0.1) is 11.3 Å². The van der Waals surface area contributed by atoms with E-state index in [2.05, 4.69) is 17.5 Å². The maximum Gasteiger partial charge on any atom is 0.0963 e. The van der Waals surface area contributed by atoms with Crippen molar-refractivity contribution in [3.63, 3.8) is 0 Å². The normalized spacial score (nSPS) is 22.1. The van der Waals surface area contributed by atoms with Crippen molar-refractivity contribution in [2.45, 2.75) is 12.5 Å². The fourth-order valence-electron chi connectivity index (χ4n) is 1.63. The summed E-state index contributed by atoms with van der Waals surface area (Å²) in [4.78, 5) is 0. The van der Waals surface area contributed by atoms with Gasteiger partial charge in [0.05, 0.1) is 4.34 Å². The van der Waals surface area contributed by atoms with Gasteiger partial charge in [-0.1, -0.05) is 23.3 Å². The van der Waals surface area contributed by atoms with Crippen LogP contribution in [0.4, 0.5) is 0 Å². The predicted octanol–water partition coefficient (Wildman–Crippen LogP) is 1.80. The van der Waals surface area contributed by atoms with Crippen LogP contribution in [0.5, 0.6) is 0 Å². The van der Waals surface area contributed by atoms with Crippen molar-refractivity contribution in [2.75, 3.05) is 13.1 Å². The van der Waals surface area contributed by atoms with Gasteiger partial charge in [-0.2, -0.15) is 0 Å². The smallest absolute Gasteiger partial charge is 0.0963 e. The Balaban J connectivity index is 2.07. The molecule has 0 aromatic carbocycles. The molecule has 4 heteroatoms. The van der Waals surface area contributed by atoms with Gasteiger partial charge in [0.2, 0.25) is 0 Å². The van der Waals surface area contributed by atoms with Crippen molar-refractivity contribution in [1.82, 2.24) is 5.32 Å². The second-order valence-corrected chi connectivity index (χ2v) is 5.03. The molecular formula is C10H13ClN2S. The van der Waals surface area contributed by atoms with E-state index < -0.39 is 0 Å². The van der Waals surface area contributed by atoms with Crippen LogP contribution in [0.25, 0.3) is 0 Å².